The smallest absolute Gasteiger partial charge is 0.212 e. The van der Waals surface area contributed by atoms with Gasteiger partial charge < -0.3 is 14.9 Å². The number of hydrogen-bond donors (Lipinski definition) is 1. The Bertz CT molecular complexity index is 843. The standard InChI is InChI=1S/C16H17N3O3S/c1-3-22-15-8-9-19(20)14(11(15)2)10-23(21)16-17-12-6-4-5-7-13(12)18-16/h4-9H,3,10H2,1-2H3,(H,17,18)/t23-/m0/s1. The molecule has 0 aliphatic heterocycles. The number of pyridine rings is 1. The lowest BCUT2D eigenvalue weighted by Gasteiger charge is -2.11. The van der Waals surface area contributed by atoms with Crippen molar-refractivity contribution in [1.29, 1.82) is 0 Å². The molecule has 6 nitrogen and oxygen atoms in total. The fourth-order valence-corrected chi connectivity index (χ4v) is 3.52. The van der Waals surface area contributed by atoms with E-state index in [1.807, 2.05) is 31.2 Å². The van der Waals surface area contributed by atoms with Gasteiger partial charge in [0.25, 0.3) is 0 Å². The first-order chi connectivity index (χ1) is 11.1. The van der Waals surface area contributed by atoms with E-state index in [4.69, 9.17) is 4.74 Å². The monoisotopic (exact) mass is 331 g/mol. The van der Waals surface area contributed by atoms with Gasteiger partial charge in [-0.3, -0.25) is 4.21 Å². The van der Waals surface area contributed by atoms with Gasteiger partial charge in [0.05, 0.1) is 34.0 Å². The minimum atomic E-state index is -1.44. The van der Waals surface area contributed by atoms with Crippen molar-refractivity contribution in [2.24, 2.45) is 0 Å². The maximum atomic E-state index is 12.6. The Morgan fingerprint density at radius 3 is 2.87 bits per heavy atom. The first-order valence-electron chi connectivity index (χ1n) is 7.27. The van der Waals surface area contributed by atoms with Crippen LogP contribution in [0.2, 0.25) is 0 Å². The number of imidazole rings is 1. The van der Waals surface area contributed by atoms with E-state index < -0.39 is 10.8 Å². The Morgan fingerprint density at radius 2 is 2.13 bits per heavy atom. The van der Waals surface area contributed by atoms with Crippen LogP contribution in [-0.4, -0.2) is 20.8 Å². The van der Waals surface area contributed by atoms with Gasteiger partial charge in [-0.25, -0.2) is 4.98 Å². The Kier molecular flexibility index (Phi) is 4.29. The fourth-order valence-electron chi connectivity index (χ4n) is 2.37. The first kappa shape index (κ1) is 15.5. The topological polar surface area (TPSA) is 81.9 Å². The maximum absolute atomic E-state index is 12.6. The number of ether oxygens (including phenoxy) is 1. The van der Waals surface area contributed by atoms with Crippen molar-refractivity contribution in [2.45, 2.75) is 24.8 Å². The van der Waals surface area contributed by atoms with E-state index in [0.717, 1.165) is 15.8 Å². The fraction of sp³-hybridized carbons (Fsp3) is 0.250. The highest BCUT2D eigenvalue weighted by Crippen LogP contribution is 2.21. The van der Waals surface area contributed by atoms with Gasteiger partial charge in [0.15, 0.2) is 11.4 Å². The molecule has 2 aromatic heterocycles. The molecule has 7 heteroatoms. The van der Waals surface area contributed by atoms with Crippen molar-refractivity contribution < 1.29 is 13.7 Å². The molecule has 0 bridgehead atoms. The van der Waals surface area contributed by atoms with Crippen LogP contribution < -0.4 is 9.47 Å². The second-order valence-electron chi connectivity index (χ2n) is 5.06. The summed E-state index contributed by atoms with van der Waals surface area (Å²) in [5.41, 5.74) is 2.71. The molecule has 0 saturated carbocycles. The third-order valence-corrected chi connectivity index (χ3v) is 4.74. The Morgan fingerprint density at radius 1 is 1.35 bits per heavy atom. The molecule has 0 saturated heterocycles. The second-order valence-corrected chi connectivity index (χ2v) is 6.43. The second kappa shape index (κ2) is 6.37. The molecule has 120 valence electrons. The van der Waals surface area contributed by atoms with Crippen LogP contribution in [-0.2, 0) is 16.6 Å². The molecule has 0 aliphatic rings. The molecular formula is C16H17N3O3S. The Balaban J connectivity index is 1.92. The molecule has 1 N–H and O–H groups in total. The van der Waals surface area contributed by atoms with Gasteiger partial charge in [-0.1, -0.05) is 12.1 Å². The molecule has 0 unspecified atom stereocenters. The molecule has 0 spiro atoms. The number of nitrogens with one attached hydrogen (secondary N) is 1. The summed E-state index contributed by atoms with van der Waals surface area (Å²) in [7, 11) is -1.44. The molecule has 3 rings (SSSR count). The van der Waals surface area contributed by atoms with Crippen LogP contribution in [0.4, 0.5) is 0 Å². The average molecular weight is 331 g/mol. The molecule has 1 aromatic carbocycles. The lowest BCUT2D eigenvalue weighted by atomic mass is 10.2. The Hall–Kier alpha value is -2.41. The summed E-state index contributed by atoms with van der Waals surface area (Å²) in [5.74, 6) is 0.715. The number of nitrogens with zero attached hydrogens (tertiary/aromatic N) is 2. The summed E-state index contributed by atoms with van der Waals surface area (Å²) in [4.78, 5) is 7.37. The van der Waals surface area contributed by atoms with Gasteiger partial charge in [-0.05, 0) is 26.0 Å². The van der Waals surface area contributed by atoms with Crippen LogP contribution in [0.25, 0.3) is 11.0 Å². The maximum Gasteiger partial charge on any atom is 0.212 e. The summed E-state index contributed by atoms with van der Waals surface area (Å²) in [5, 5.41) is 12.4. The van der Waals surface area contributed by atoms with E-state index in [0.29, 0.717) is 28.8 Å². The predicted molar refractivity (Wildman–Crippen MR) is 87.5 cm³/mol. The molecule has 2 heterocycles. The first-order valence-corrected chi connectivity index (χ1v) is 8.59. The zero-order chi connectivity index (χ0) is 16.4. The predicted octanol–water partition coefficient (Wildman–Crippen LogP) is 2.21. The third kappa shape index (κ3) is 3.05. The van der Waals surface area contributed by atoms with Gasteiger partial charge in [0, 0.05) is 6.07 Å². The molecule has 0 fully saturated rings. The number of rotatable bonds is 5. The van der Waals surface area contributed by atoms with Gasteiger partial charge in [-0.15, -0.1) is 0 Å². The highest BCUT2D eigenvalue weighted by atomic mass is 32.2. The van der Waals surface area contributed by atoms with Gasteiger partial charge >= 0.3 is 0 Å². The van der Waals surface area contributed by atoms with Crippen molar-refractivity contribution in [3.05, 3.63) is 53.0 Å². The van der Waals surface area contributed by atoms with Crippen molar-refractivity contribution in [3.8, 4) is 5.75 Å². The van der Waals surface area contributed by atoms with Gasteiger partial charge in [0.1, 0.15) is 11.5 Å². The van der Waals surface area contributed by atoms with Crippen molar-refractivity contribution in [3.63, 3.8) is 0 Å². The minimum absolute atomic E-state index is 0.0794. The van der Waals surface area contributed by atoms with Crippen LogP contribution in [0.1, 0.15) is 18.2 Å². The molecule has 0 radical (unpaired) electrons. The lowest BCUT2D eigenvalue weighted by Crippen LogP contribution is -2.33. The third-order valence-electron chi connectivity index (χ3n) is 3.58. The number of benzene rings is 1. The number of hydrogen-bond acceptors (Lipinski definition) is 4. The summed E-state index contributed by atoms with van der Waals surface area (Å²) in [6.45, 7) is 4.18. The molecule has 3 aromatic rings. The average Bonchev–Trinajstić information content (AvgIpc) is 2.98. The summed E-state index contributed by atoms with van der Waals surface area (Å²) in [6, 6.07) is 9.10. The largest absolute Gasteiger partial charge is 0.618 e. The van der Waals surface area contributed by atoms with Crippen LogP contribution in [0, 0.1) is 12.1 Å². The van der Waals surface area contributed by atoms with Crippen LogP contribution in [0.3, 0.4) is 0 Å². The SMILES string of the molecule is CCOc1cc[n+]([O-])c(C[S@](=O)c2nc3ccccc3[nH]2)c1C. The highest BCUT2D eigenvalue weighted by molar-refractivity contribution is 7.84. The number of aromatic amines is 1. The minimum Gasteiger partial charge on any atom is -0.618 e. The number of fused-ring (bicyclic) bond motifs is 1. The van der Waals surface area contributed by atoms with Crippen molar-refractivity contribution in [2.75, 3.05) is 6.61 Å². The summed E-state index contributed by atoms with van der Waals surface area (Å²) < 4.78 is 18.8. The number of para-hydroxylation sites is 2. The summed E-state index contributed by atoms with van der Waals surface area (Å²) >= 11 is 0. The van der Waals surface area contributed by atoms with E-state index in [1.165, 1.54) is 6.20 Å². The zero-order valence-corrected chi connectivity index (χ0v) is 13.7. The molecule has 0 amide bonds. The summed E-state index contributed by atoms with van der Waals surface area (Å²) in [6.07, 6.45) is 1.38. The van der Waals surface area contributed by atoms with E-state index in [1.54, 1.807) is 13.0 Å². The quantitative estimate of drug-likeness (QED) is 0.574. The van der Waals surface area contributed by atoms with Crippen LogP contribution in [0.5, 0.6) is 5.75 Å². The number of H-pyrrole nitrogens is 1. The number of aromatic nitrogens is 3. The molecule has 0 aliphatic carbocycles. The lowest BCUT2D eigenvalue weighted by molar-refractivity contribution is -0.613. The molecule has 1 atom stereocenters. The van der Waals surface area contributed by atoms with Gasteiger partial charge in [0.2, 0.25) is 5.69 Å². The molecule has 23 heavy (non-hydrogen) atoms. The van der Waals surface area contributed by atoms with E-state index >= 15 is 0 Å². The Labute approximate surface area is 136 Å². The van der Waals surface area contributed by atoms with E-state index in [9.17, 15) is 9.42 Å². The van der Waals surface area contributed by atoms with Crippen LogP contribution >= 0.6 is 0 Å². The zero-order valence-electron chi connectivity index (χ0n) is 12.9. The van der Waals surface area contributed by atoms with Crippen molar-refractivity contribution in [1.82, 2.24) is 9.97 Å². The van der Waals surface area contributed by atoms with Crippen LogP contribution in [0.15, 0.2) is 41.7 Å². The van der Waals surface area contributed by atoms with Gasteiger partial charge in [-0.2, -0.15) is 4.73 Å². The molecular weight excluding hydrogens is 314 g/mol. The van der Waals surface area contributed by atoms with E-state index in [2.05, 4.69) is 9.97 Å². The highest BCUT2D eigenvalue weighted by Gasteiger charge is 2.20. The van der Waals surface area contributed by atoms with Crippen molar-refractivity contribution >= 4 is 21.8 Å². The van der Waals surface area contributed by atoms with E-state index in [-0.39, 0.29) is 5.75 Å². The normalized spacial score (nSPS) is 12.4.